The van der Waals surface area contributed by atoms with Crippen molar-refractivity contribution in [3.8, 4) is 23.0 Å². The summed E-state index contributed by atoms with van der Waals surface area (Å²) in [5.41, 5.74) is 0.00370. The molecule has 0 aromatic heterocycles. The monoisotopic (exact) mass is 399 g/mol. The lowest BCUT2D eigenvalue weighted by atomic mass is 10.2. The summed E-state index contributed by atoms with van der Waals surface area (Å²) in [4.78, 5) is 16.9. The zero-order valence-electron chi connectivity index (χ0n) is 15.1. The van der Waals surface area contributed by atoms with Gasteiger partial charge >= 0.3 is 12.3 Å². The normalized spacial score (nSPS) is 11.2. The molecule has 0 spiro atoms. The number of halogens is 3. The van der Waals surface area contributed by atoms with Crippen molar-refractivity contribution in [2.75, 3.05) is 21.3 Å². The molecule has 0 aliphatic carbocycles. The molecule has 10 heteroatoms. The smallest absolute Gasteiger partial charge is 0.493 e. The highest BCUT2D eigenvalue weighted by Gasteiger charge is 2.31. The average molecular weight is 399 g/mol. The summed E-state index contributed by atoms with van der Waals surface area (Å²) in [7, 11) is 4.16. The summed E-state index contributed by atoms with van der Waals surface area (Å²) < 4.78 is 56.5. The van der Waals surface area contributed by atoms with Gasteiger partial charge in [-0.2, -0.15) is 0 Å². The van der Waals surface area contributed by atoms with Gasteiger partial charge in [0.05, 0.1) is 33.1 Å². The Morgan fingerprint density at radius 3 is 2.11 bits per heavy atom. The number of oxime groups is 1. The number of alkyl halides is 3. The van der Waals surface area contributed by atoms with E-state index >= 15 is 0 Å². The van der Waals surface area contributed by atoms with Crippen LogP contribution in [-0.4, -0.2) is 39.9 Å². The molecule has 28 heavy (non-hydrogen) atoms. The Balaban J connectivity index is 2.19. The van der Waals surface area contributed by atoms with E-state index in [9.17, 15) is 18.0 Å². The summed E-state index contributed by atoms with van der Waals surface area (Å²) in [6.07, 6.45) is -3.94. The third kappa shape index (κ3) is 5.29. The minimum Gasteiger partial charge on any atom is -0.493 e. The molecule has 0 radical (unpaired) electrons. The van der Waals surface area contributed by atoms with Crippen LogP contribution in [0.1, 0.15) is 15.9 Å². The van der Waals surface area contributed by atoms with E-state index in [1.54, 1.807) is 0 Å². The van der Waals surface area contributed by atoms with E-state index < -0.39 is 18.1 Å². The standard InChI is InChI=1S/C18H16F3NO6/c1-24-14-8-12(9-15(25-2)16(14)26-3)17(23)28-22-10-11-6-4-5-7-13(11)27-18(19,20)21/h4-10H,1-3H3/b22-10-. The molecule has 2 aromatic rings. The Labute approximate surface area is 158 Å². The maximum absolute atomic E-state index is 12.4. The van der Waals surface area contributed by atoms with E-state index in [4.69, 9.17) is 19.0 Å². The summed E-state index contributed by atoms with van der Waals surface area (Å²) in [5.74, 6) is -0.640. The van der Waals surface area contributed by atoms with Gasteiger partial charge in [0.15, 0.2) is 11.5 Å². The van der Waals surface area contributed by atoms with E-state index in [-0.39, 0.29) is 28.4 Å². The molecule has 0 saturated heterocycles. The number of para-hydroxylation sites is 1. The van der Waals surface area contributed by atoms with Crippen molar-refractivity contribution in [3.05, 3.63) is 47.5 Å². The van der Waals surface area contributed by atoms with Gasteiger partial charge in [0.1, 0.15) is 5.75 Å². The molecular formula is C18H16F3NO6. The van der Waals surface area contributed by atoms with E-state index in [1.165, 1.54) is 51.7 Å². The molecule has 0 N–H and O–H groups in total. The van der Waals surface area contributed by atoms with Crippen LogP contribution in [0.15, 0.2) is 41.6 Å². The van der Waals surface area contributed by atoms with Crippen molar-refractivity contribution in [1.29, 1.82) is 0 Å². The van der Waals surface area contributed by atoms with Gasteiger partial charge in [0, 0.05) is 5.56 Å². The molecule has 0 aliphatic heterocycles. The molecule has 0 aliphatic rings. The Morgan fingerprint density at radius 1 is 0.964 bits per heavy atom. The molecule has 0 bridgehead atoms. The van der Waals surface area contributed by atoms with Gasteiger partial charge in [0.25, 0.3) is 0 Å². The quantitative estimate of drug-likeness (QED) is 0.401. The van der Waals surface area contributed by atoms with Crippen LogP contribution in [0, 0.1) is 0 Å². The Hall–Kier alpha value is -3.43. The first kappa shape index (κ1) is 20.9. The number of hydrogen-bond donors (Lipinski definition) is 0. The van der Waals surface area contributed by atoms with Gasteiger partial charge < -0.3 is 23.8 Å². The van der Waals surface area contributed by atoms with Gasteiger partial charge in [-0.3, -0.25) is 0 Å². The number of rotatable bonds is 7. The van der Waals surface area contributed by atoms with Crippen LogP contribution in [0.4, 0.5) is 13.2 Å². The fraction of sp³-hybridized carbons (Fsp3) is 0.222. The number of carbonyl (C=O) groups is 1. The van der Waals surface area contributed by atoms with Crippen molar-refractivity contribution in [1.82, 2.24) is 0 Å². The Kier molecular flexibility index (Phi) is 6.69. The minimum absolute atomic E-state index is 0.0301. The van der Waals surface area contributed by atoms with Crippen molar-refractivity contribution < 1.29 is 41.8 Å². The molecule has 7 nitrogen and oxygen atoms in total. The van der Waals surface area contributed by atoms with Crippen molar-refractivity contribution >= 4 is 12.2 Å². The number of methoxy groups -OCH3 is 3. The van der Waals surface area contributed by atoms with Gasteiger partial charge in [0.2, 0.25) is 5.75 Å². The second kappa shape index (κ2) is 8.98. The lowest BCUT2D eigenvalue weighted by Crippen LogP contribution is -2.18. The molecule has 0 unspecified atom stereocenters. The molecule has 2 rings (SSSR count). The third-order valence-corrected chi connectivity index (χ3v) is 3.37. The topological polar surface area (TPSA) is 75.6 Å². The van der Waals surface area contributed by atoms with Crippen molar-refractivity contribution in [3.63, 3.8) is 0 Å². The van der Waals surface area contributed by atoms with Crippen LogP contribution in [0.3, 0.4) is 0 Å². The third-order valence-electron chi connectivity index (χ3n) is 3.37. The number of ether oxygens (including phenoxy) is 4. The predicted octanol–water partition coefficient (Wildman–Crippen LogP) is 3.80. The maximum Gasteiger partial charge on any atom is 0.573 e. The van der Waals surface area contributed by atoms with Crippen LogP contribution in [0.2, 0.25) is 0 Å². The zero-order valence-corrected chi connectivity index (χ0v) is 15.1. The van der Waals surface area contributed by atoms with Crippen LogP contribution in [-0.2, 0) is 4.84 Å². The maximum atomic E-state index is 12.4. The van der Waals surface area contributed by atoms with E-state index in [0.29, 0.717) is 0 Å². The second-order valence-electron chi connectivity index (χ2n) is 5.11. The largest absolute Gasteiger partial charge is 0.573 e. The Morgan fingerprint density at radius 2 is 1.57 bits per heavy atom. The van der Waals surface area contributed by atoms with Crippen LogP contribution >= 0.6 is 0 Å². The molecule has 0 amide bonds. The molecule has 0 saturated carbocycles. The molecule has 0 heterocycles. The van der Waals surface area contributed by atoms with E-state index in [0.717, 1.165) is 12.3 Å². The fourth-order valence-corrected chi connectivity index (χ4v) is 2.19. The molecular weight excluding hydrogens is 383 g/mol. The second-order valence-corrected chi connectivity index (χ2v) is 5.11. The molecule has 2 aromatic carbocycles. The van der Waals surface area contributed by atoms with E-state index in [2.05, 4.69) is 9.89 Å². The fourth-order valence-electron chi connectivity index (χ4n) is 2.19. The van der Waals surface area contributed by atoms with Crippen molar-refractivity contribution in [2.45, 2.75) is 6.36 Å². The highest BCUT2D eigenvalue weighted by molar-refractivity contribution is 5.92. The lowest BCUT2D eigenvalue weighted by Gasteiger charge is -2.13. The van der Waals surface area contributed by atoms with Gasteiger partial charge in [-0.25, -0.2) is 4.79 Å². The first-order valence-electron chi connectivity index (χ1n) is 7.68. The summed E-state index contributed by atoms with van der Waals surface area (Å²) in [6, 6.07) is 7.96. The molecule has 0 fully saturated rings. The zero-order chi connectivity index (χ0) is 20.7. The summed E-state index contributed by atoms with van der Waals surface area (Å²) in [5, 5.41) is 3.43. The predicted molar refractivity (Wildman–Crippen MR) is 92.2 cm³/mol. The van der Waals surface area contributed by atoms with E-state index in [1.807, 2.05) is 0 Å². The molecule has 150 valence electrons. The number of benzene rings is 2. The molecule has 0 atom stereocenters. The summed E-state index contributed by atoms with van der Waals surface area (Å²) in [6.45, 7) is 0. The summed E-state index contributed by atoms with van der Waals surface area (Å²) >= 11 is 0. The van der Waals surface area contributed by atoms with Gasteiger partial charge in [-0.05, 0) is 24.3 Å². The first-order valence-corrected chi connectivity index (χ1v) is 7.68. The highest BCUT2D eigenvalue weighted by Crippen LogP contribution is 2.38. The number of carbonyl (C=O) groups excluding carboxylic acids is 1. The van der Waals surface area contributed by atoms with Crippen LogP contribution in [0.5, 0.6) is 23.0 Å². The lowest BCUT2D eigenvalue weighted by molar-refractivity contribution is -0.274. The number of nitrogens with zero attached hydrogens (tertiary/aromatic N) is 1. The SMILES string of the molecule is COc1cc(C(=O)O/N=C\c2ccccc2OC(F)(F)F)cc(OC)c1OC. The highest BCUT2D eigenvalue weighted by atomic mass is 19.4. The van der Waals surface area contributed by atoms with Gasteiger partial charge in [-0.15, -0.1) is 13.2 Å². The Bertz CT molecular complexity index is 842. The minimum atomic E-state index is -4.86. The van der Waals surface area contributed by atoms with Crippen LogP contribution < -0.4 is 18.9 Å². The van der Waals surface area contributed by atoms with Gasteiger partial charge in [-0.1, -0.05) is 17.3 Å². The number of hydrogen-bond acceptors (Lipinski definition) is 7. The van der Waals surface area contributed by atoms with Crippen molar-refractivity contribution in [2.24, 2.45) is 5.16 Å². The first-order chi connectivity index (χ1) is 13.3. The average Bonchev–Trinajstić information content (AvgIpc) is 2.66. The van der Waals surface area contributed by atoms with Crippen LogP contribution in [0.25, 0.3) is 0 Å².